The number of hydrogen-bond acceptors (Lipinski definition) is 5. The number of rotatable bonds is 4. The Hall–Kier alpha value is 1.31. The van der Waals surface area contributed by atoms with Gasteiger partial charge in [0.25, 0.3) is 0 Å². The van der Waals surface area contributed by atoms with Gasteiger partial charge in [0, 0.05) is 10.4 Å². The molecular weight excluding hydrogens is 230 g/mol. The van der Waals surface area contributed by atoms with Crippen molar-refractivity contribution in [1.29, 1.82) is 0 Å². The van der Waals surface area contributed by atoms with Gasteiger partial charge in [-0.25, -0.2) is 0 Å². The van der Waals surface area contributed by atoms with E-state index in [1.807, 2.05) is 0 Å². The summed E-state index contributed by atoms with van der Waals surface area (Å²) in [6, 6.07) is 0. The summed E-state index contributed by atoms with van der Waals surface area (Å²) in [5, 5.41) is 0. The van der Waals surface area contributed by atoms with E-state index in [2.05, 4.69) is 13.2 Å². The Morgan fingerprint density at radius 3 is 1.43 bits per heavy atom. The molecule has 0 spiro atoms. The predicted molar refractivity (Wildman–Crippen MR) is 41.7 cm³/mol. The first-order valence-electron chi connectivity index (χ1n) is 2.88. The van der Waals surface area contributed by atoms with Crippen molar-refractivity contribution < 1.29 is 81.4 Å². The molecule has 5 nitrogen and oxygen atoms in total. The van der Waals surface area contributed by atoms with Crippen molar-refractivity contribution in [1.82, 2.24) is 0 Å². The van der Waals surface area contributed by atoms with Crippen molar-refractivity contribution in [2.45, 2.75) is 0 Å². The van der Waals surface area contributed by atoms with E-state index in [1.165, 1.54) is 0 Å². The molecule has 0 saturated heterocycles. The molecule has 0 bridgehead atoms. The fraction of sp³-hybridized carbons (Fsp3) is 0.333. The second-order valence-electron chi connectivity index (χ2n) is 1.52. The van der Waals surface area contributed by atoms with Gasteiger partial charge >= 0.3 is 59.1 Å². The SMILES string of the molecule is C=CCOCC=C.O=S(=O)([O-])[O-].[Na+].[Na+]. The Labute approximate surface area is 129 Å². The van der Waals surface area contributed by atoms with E-state index >= 15 is 0 Å². The van der Waals surface area contributed by atoms with Gasteiger partial charge in [-0.05, 0) is 0 Å². The minimum Gasteiger partial charge on any atom is -0.759 e. The fourth-order valence-electron chi connectivity index (χ4n) is 0.235. The molecule has 14 heavy (non-hydrogen) atoms. The maximum absolute atomic E-state index is 8.52. The third-order valence-electron chi connectivity index (χ3n) is 0.471. The Bertz CT molecular complexity index is 198. The van der Waals surface area contributed by atoms with Crippen molar-refractivity contribution in [3.8, 4) is 0 Å². The third kappa shape index (κ3) is 71.5. The van der Waals surface area contributed by atoms with Crippen LogP contribution in [-0.4, -0.2) is 30.7 Å². The summed E-state index contributed by atoms with van der Waals surface area (Å²) in [5.41, 5.74) is 0. The van der Waals surface area contributed by atoms with Crippen LogP contribution in [0.1, 0.15) is 0 Å². The zero-order valence-electron chi connectivity index (χ0n) is 8.43. The van der Waals surface area contributed by atoms with Crippen LogP contribution in [0.25, 0.3) is 0 Å². The quantitative estimate of drug-likeness (QED) is 0.160. The van der Waals surface area contributed by atoms with Gasteiger partial charge in [-0.1, -0.05) is 12.2 Å². The molecule has 0 aliphatic heterocycles. The molecule has 0 fully saturated rings. The molecule has 0 rings (SSSR count). The summed E-state index contributed by atoms with van der Waals surface area (Å²) in [6.45, 7) is 8.18. The second kappa shape index (κ2) is 16.7. The topological polar surface area (TPSA) is 89.5 Å². The fourth-order valence-corrected chi connectivity index (χ4v) is 0.235. The Kier molecular flexibility index (Phi) is 29.3. The minimum absolute atomic E-state index is 0. The summed E-state index contributed by atoms with van der Waals surface area (Å²) >= 11 is 0. The molecule has 0 radical (unpaired) electrons. The van der Waals surface area contributed by atoms with Gasteiger partial charge in [-0.15, -0.1) is 13.2 Å². The van der Waals surface area contributed by atoms with Crippen LogP contribution in [-0.2, 0) is 15.1 Å². The van der Waals surface area contributed by atoms with Crippen LogP contribution < -0.4 is 59.1 Å². The molecule has 0 heterocycles. The molecule has 0 aromatic heterocycles. The summed E-state index contributed by atoms with van der Waals surface area (Å²) < 4.78 is 39.0. The summed E-state index contributed by atoms with van der Waals surface area (Å²) in [4.78, 5) is 0. The number of hydrogen-bond donors (Lipinski definition) is 0. The Morgan fingerprint density at radius 2 is 1.29 bits per heavy atom. The van der Waals surface area contributed by atoms with Crippen LogP contribution in [0.5, 0.6) is 0 Å². The van der Waals surface area contributed by atoms with Crippen molar-refractivity contribution in [3.63, 3.8) is 0 Å². The van der Waals surface area contributed by atoms with Crippen molar-refractivity contribution in [2.75, 3.05) is 13.2 Å². The van der Waals surface area contributed by atoms with Crippen molar-refractivity contribution in [2.24, 2.45) is 0 Å². The molecule has 0 atom stereocenters. The number of ether oxygens (including phenoxy) is 1. The molecule has 0 unspecified atom stereocenters. The second-order valence-corrected chi connectivity index (χ2v) is 2.34. The molecule has 0 aliphatic rings. The van der Waals surface area contributed by atoms with Crippen LogP contribution >= 0.6 is 0 Å². The normalized spacial score (nSPS) is 8.14. The van der Waals surface area contributed by atoms with Gasteiger partial charge < -0.3 is 13.8 Å². The first-order valence-corrected chi connectivity index (χ1v) is 4.21. The van der Waals surface area contributed by atoms with E-state index in [0.29, 0.717) is 13.2 Å². The van der Waals surface area contributed by atoms with Gasteiger partial charge in [-0.3, -0.25) is 8.42 Å². The standard InChI is InChI=1S/C6H10O.2Na.H2O4S/c1-3-5-7-6-4-2;;;1-5(2,3)4/h3-4H,1-2,5-6H2;;;(H2,1,2,3,4)/q;2*+1;/p-2. The molecule has 72 valence electrons. The molecule has 8 heteroatoms. The van der Waals surface area contributed by atoms with Gasteiger partial charge in [-0.2, -0.15) is 0 Å². The maximum atomic E-state index is 8.52. The minimum atomic E-state index is -5.17. The first kappa shape index (κ1) is 24.5. The molecular formula is C6H10Na2O5S. The molecule has 0 aliphatic carbocycles. The molecule has 0 aromatic rings. The van der Waals surface area contributed by atoms with E-state index in [0.717, 1.165) is 0 Å². The third-order valence-corrected chi connectivity index (χ3v) is 0.471. The molecule has 0 saturated carbocycles. The predicted octanol–water partition coefficient (Wildman–Crippen LogP) is -5.95. The summed E-state index contributed by atoms with van der Waals surface area (Å²) in [5.74, 6) is 0. The Morgan fingerprint density at radius 1 is 1.07 bits per heavy atom. The Balaban J connectivity index is -0.0000000651. The van der Waals surface area contributed by atoms with Crippen LogP contribution in [0, 0.1) is 0 Å². The zero-order chi connectivity index (χ0) is 10.0. The smallest absolute Gasteiger partial charge is 0.759 e. The first-order chi connectivity index (χ1) is 5.41. The summed E-state index contributed by atoms with van der Waals surface area (Å²) in [6.07, 6.45) is 3.42. The van der Waals surface area contributed by atoms with E-state index in [9.17, 15) is 0 Å². The monoisotopic (exact) mass is 240 g/mol. The molecule has 0 amide bonds. The van der Waals surface area contributed by atoms with Gasteiger partial charge in [0.05, 0.1) is 13.2 Å². The van der Waals surface area contributed by atoms with Crippen LogP contribution in [0.4, 0.5) is 0 Å². The van der Waals surface area contributed by atoms with Gasteiger partial charge in [0.15, 0.2) is 0 Å². The van der Waals surface area contributed by atoms with E-state index < -0.39 is 10.4 Å². The van der Waals surface area contributed by atoms with Gasteiger partial charge in [0.2, 0.25) is 0 Å². The van der Waals surface area contributed by atoms with Gasteiger partial charge in [0.1, 0.15) is 0 Å². The average molecular weight is 240 g/mol. The summed E-state index contributed by atoms with van der Waals surface area (Å²) in [7, 11) is -5.17. The van der Waals surface area contributed by atoms with Crippen LogP contribution in [0.2, 0.25) is 0 Å². The van der Waals surface area contributed by atoms with E-state index in [1.54, 1.807) is 12.2 Å². The maximum Gasteiger partial charge on any atom is 1.00 e. The van der Waals surface area contributed by atoms with Crippen molar-refractivity contribution in [3.05, 3.63) is 25.3 Å². The van der Waals surface area contributed by atoms with E-state index in [4.69, 9.17) is 22.3 Å². The largest absolute Gasteiger partial charge is 1.00 e. The zero-order valence-corrected chi connectivity index (χ0v) is 13.2. The van der Waals surface area contributed by atoms with Crippen molar-refractivity contribution >= 4 is 10.4 Å². The molecule has 0 aromatic carbocycles. The molecule has 0 N–H and O–H groups in total. The average Bonchev–Trinajstić information content (AvgIpc) is 1.85. The van der Waals surface area contributed by atoms with Crippen LogP contribution in [0.15, 0.2) is 25.3 Å². The van der Waals surface area contributed by atoms with E-state index in [-0.39, 0.29) is 59.1 Å². The van der Waals surface area contributed by atoms with Crippen LogP contribution in [0.3, 0.4) is 0 Å².